The third-order valence-electron chi connectivity index (χ3n) is 3.81. The van der Waals surface area contributed by atoms with E-state index in [9.17, 15) is 0 Å². The van der Waals surface area contributed by atoms with Gasteiger partial charge in [0.2, 0.25) is 0 Å². The lowest BCUT2D eigenvalue weighted by atomic mass is 9.98. The van der Waals surface area contributed by atoms with Crippen LogP contribution in [-0.2, 0) is 6.42 Å². The molecule has 0 saturated heterocycles. The van der Waals surface area contributed by atoms with E-state index in [-0.39, 0.29) is 5.15 Å². The highest BCUT2D eigenvalue weighted by molar-refractivity contribution is 6.33. The van der Waals surface area contributed by atoms with Gasteiger partial charge in [-0.25, -0.2) is 4.98 Å². The molecule has 0 fully saturated rings. The number of hydrogen-bond donors (Lipinski definition) is 1. The fraction of sp³-hybridized carbons (Fsp3) is 0.111. The Labute approximate surface area is 149 Å². The molecule has 2 N–H and O–H groups in total. The molecular weight excluding hydrogens is 345 g/mol. The van der Waals surface area contributed by atoms with Gasteiger partial charge in [-0.3, -0.25) is 0 Å². The summed E-state index contributed by atoms with van der Waals surface area (Å²) in [4.78, 5) is 4.28. The van der Waals surface area contributed by atoms with Crippen LogP contribution in [0.15, 0.2) is 36.4 Å². The fourth-order valence-corrected chi connectivity index (χ4v) is 3.08. The summed E-state index contributed by atoms with van der Waals surface area (Å²) in [6, 6.07) is 12.9. The molecular formula is C18H13Cl2N3O. The van der Waals surface area contributed by atoms with Crippen molar-refractivity contribution in [2.24, 2.45) is 0 Å². The van der Waals surface area contributed by atoms with Crippen molar-refractivity contribution in [3.05, 3.63) is 63.3 Å². The molecule has 1 aromatic heterocycles. The maximum atomic E-state index is 9.14. The number of benzene rings is 2. The number of methoxy groups -OCH3 is 1. The quantitative estimate of drug-likeness (QED) is 0.695. The molecule has 0 radical (unpaired) electrons. The van der Waals surface area contributed by atoms with E-state index in [1.54, 1.807) is 31.4 Å². The third kappa shape index (κ3) is 2.96. The highest BCUT2D eigenvalue weighted by Crippen LogP contribution is 2.33. The lowest BCUT2D eigenvalue weighted by Gasteiger charge is -2.12. The van der Waals surface area contributed by atoms with E-state index in [1.165, 1.54) is 0 Å². The van der Waals surface area contributed by atoms with Crippen LogP contribution in [0.3, 0.4) is 0 Å². The Morgan fingerprint density at radius 3 is 2.67 bits per heavy atom. The number of halogens is 2. The third-order valence-corrected chi connectivity index (χ3v) is 4.40. The Morgan fingerprint density at radius 2 is 2.00 bits per heavy atom. The monoisotopic (exact) mass is 357 g/mol. The van der Waals surface area contributed by atoms with Crippen LogP contribution in [0.5, 0.6) is 5.75 Å². The summed E-state index contributed by atoms with van der Waals surface area (Å²) in [6.45, 7) is 0. The topological polar surface area (TPSA) is 71.9 Å². The predicted octanol–water partition coefficient (Wildman–Crippen LogP) is 4.59. The van der Waals surface area contributed by atoms with Crippen molar-refractivity contribution in [2.75, 3.05) is 12.8 Å². The Hall–Kier alpha value is -2.48. The van der Waals surface area contributed by atoms with Crippen molar-refractivity contribution in [1.82, 2.24) is 4.98 Å². The van der Waals surface area contributed by atoms with Gasteiger partial charge < -0.3 is 10.5 Å². The first-order valence-corrected chi connectivity index (χ1v) is 7.89. The lowest BCUT2D eigenvalue weighted by Crippen LogP contribution is -2.01. The van der Waals surface area contributed by atoms with Gasteiger partial charge in [0.1, 0.15) is 5.75 Å². The second-order valence-corrected chi connectivity index (χ2v) is 6.05. The summed E-state index contributed by atoms with van der Waals surface area (Å²) >= 11 is 12.4. The molecule has 0 atom stereocenters. The molecule has 0 saturated carbocycles. The SMILES string of the molecule is COc1ccc(Cc2c(N)c(Cl)nc3ccc(C#N)cc23)cc1Cl. The van der Waals surface area contributed by atoms with E-state index in [1.807, 2.05) is 12.1 Å². The van der Waals surface area contributed by atoms with Crippen LogP contribution in [0.4, 0.5) is 5.69 Å². The molecule has 0 aliphatic carbocycles. The highest BCUT2D eigenvalue weighted by Gasteiger charge is 2.13. The van der Waals surface area contributed by atoms with Crippen LogP contribution in [-0.4, -0.2) is 12.1 Å². The zero-order chi connectivity index (χ0) is 17.3. The van der Waals surface area contributed by atoms with Crippen LogP contribution < -0.4 is 10.5 Å². The maximum Gasteiger partial charge on any atom is 0.152 e. The summed E-state index contributed by atoms with van der Waals surface area (Å²) in [5.74, 6) is 0.609. The van der Waals surface area contributed by atoms with Gasteiger partial charge in [0.25, 0.3) is 0 Å². The molecule has 0 unspecified atom stereocenters. The summed E-state index contributed by atoms with van der Waals surface area (Å²) in [6.07, 6.45) is 0.517. The number of pyridine rings is 1. The number of nitriles is 1. The zero-order valence-corrected chi connectivity index (χ0v) is 14.3. The number of aromatic nitrogens is 1. The van der Waals surface area contributed by atoms with Crippen LogP contribution in [0, 0.1) is 11.3 Å². The Kier molecular flexibility index (Phi) is 4.48. The maximum absolute atomic E-state index is 9.14. The normalized spacial score (nSPS) is 10.6. The molecule has 0 amide bonds. The van der Waals surface area contributed by atoms with Crippen LogP contribution >= 0.6 is 23.2 Å². The first-order chi connectivity index (χ1) is 11.5. The molecule has 2 aromatic carbocycles. The number of nitrogen functional groups attached to an aromatic ring is 1. The van der Waals surface area contributed by atoms with E-state index in [0.717, 1.165) is 16.5 Å². The average Bonchev–Trinajstić information content (AvgIpc) is 2.59. The summed E-state index contributed by atoms with van der Waals surface area (Å²) in [7, 11) is 1.57. The number of ether oxygens (including phenoxy) is 1. The smallest absolute Gasteiger partial charge is 0.152 e. The number of nitrogens with zero attached hydrogens (tertiary/aromatic N) is 2. The molecule has 6 heteroatoms. The van der Waals surface area contributed by atoms with Crippen molar-refractivity contribution in [3.8, 4) is 11.8 Å². The molecule has 120 valence electrons. The number of hydrogen-bond acceptors (Lipinski definition) is 4. The van der Waals surface area contributed by atoms with E-state index in [2.05, 4.69) is 11.1 Å². The van der Waals surface area contributed by atoms with Gasteiger partial charge >= 0.3 is 0 Å². The Morgan fingerprint density at radius 1 is 1.21 bits per heavy atom. The van der Waals surface area contributed by atoms with E-state index < -0.39 is 0 Å². The molecule has 3 rings (SSSR count). The minimum atomic E-state index is 0.252. The average molecular weight is 358 g/mol. The number of anilines is 1. The van der Waals surface area contributed by atoms with Gasteiger partial charge in [-0.1, -0.05) is 29.3 Å². The summed E-state index contributed by atoms with van der Waals surface area (Å²) < 4.78 is 5.17. The van der Waals surface area contributed by atoms with Gasteiger partial charge in [0, 0.05) is 11.8 Å². The number of fused-ring (bicyclic) bond motifs is 1. The lowest BCUT2D eigenvalue weighted by molar-refractivity contribution is 0.415. The molecule has 0 aliphatic heterocycles. The predicted molar refractivity (Wildman–Crippen MR) is 96.7 cm³/mol. The van der Waals surface area contributed by atoms with Crippen molar-refractivity contribution >= 4 is 39.8 Å². The van der Waals surface area contributed by atoms with Crippen LogP contribution in [0.1, 0.15) is 16.7 Å². The van der Waals surface area contributed by atoms with Crippen molar-refractivity contribution in [2.45, 2.75) is 6.42 Å². The molecule has 3 aromatic rings. The van der Waals surface area contributed by atoms with Crippen molar-refractivity contribution in [1.29, 1.82) is 5.26 Å². The first kappa shape index (κ1) is 16.4. The van der Waals surface area contributed by atoms with Crippen molar-refractivity contribution in [3.63, 3.8) is 0 Å². The summed E-state index contributed by atoms with van der Waals surface area (Å²) in [5.41, 5.74) is 9.57. The first-order valence-electron chi connectivity index (χ1n) is 7.13. The Bertz CT molecular complexity index is 980. The van der Waals surface area contributed by atoms with Gasteiger partial charge in [-0.05, 0) is 41.5 Å². The van der Waals surface area contributed by atoms with E-state index in [0.29, 0.717) is 34.0 Å². The molecule has 0 spiro atoms. The fourth-order valence-electron chi connectivity index (χ4n) is 2.59. The van der Waals surface area contributed by atoms with Crippen molar-refractivity contribution < 1.29 is 4.74 Å². The van der Waals surface area contributed by atoms with Crippen LogP contribution in [0.2, 0.25) is 10.2 Å². The minimum Gasteiger partial charge on any atom is -0.495 e. The number of rotatable bonds is 3. The van der Waals surface area contributed by atoms with Gasteiger partial charge in [0.15, 0.2) is 5.15 Å². The molecule has 4 nitrogen and oxygen atoms in total. The second kappa shape index (κ2) is 6.56. The highest BCUT2D eigenvalue weighted by atomic mass is 35.5. The zero-order valence-electron chi connectivity index (χ0n) is 12.8. The largest absolute Gasteiger partial charge is 0.495 e. The minimum absolute atomic E-state index is 0.252. The van der Waals surface area contributed by atoms with Crippen LogP contribution in [0.25, 0.3) is 10.9 Å². The molecule has 0 aliphatic rings. The van der Waals surface area contributed by atoms with E-state index >= 15 is 0 Å². The number of nitrogens with two attached hydrogens (primary N) is 1. The summed E-state index contributed by atoms with van der Waals surface area (Å²) in [5, 5.41) is 10.7. The Balaban J connectivity index is 2.15. The molecule has 1 heterocycles. The van der Waals surface area contributed by atoms with E-state index in [4.69, 9.17) is 38.9 Å². The van der Waals surface area contributed by atoms with Gasteiger partial charge in [-0.15, -0.1) is 0 Å². The molecule has 0 bridgehead atoms. The molecule has 24 heavy (non-hydrogen) atoms. The van der Waals surface area contributed by atoms with Gasteiger partial charge in [-0.2, -0.15) is 5.26 Å². The standard InChI is InChI=1S/C18H13Cl2N3O/c1-24-16-5-3-10(8-14(16)19)6-13-12-7-11(9-21)2-4-15(12)23-18(20)17(13)22/h2-5,7-8H,6,22H2,1H3. The second-order valence-electron chi connectivity index (χ2n) is 5.28. The van der Waals surface area contributed by atoms with Gasteiger partial charge in [0.05, 0.1) is 35.0 Å².